The van der Waals surface area contributed by atoms with Crippen molar-refractivity contribution >= 4 is 17.8 Å². The molecular weight excluding hydrogens is 376 g/mol. The number of hydrogen-bond acceptors (Lipinski definition) is 4. The minimum Gasteiger partial charge on any atom is -0.452 e. The SMILES string of the molecule is Cc1cccc(C(=O)Oc2cc(C)c3c(c2)O/C(=C\C=C\c2ccccc2)C3=O)c1. The van der Waals surface area contributed by atoms with E-state index in [1.165, 1.54) is 0 Å². The lowest BCUT2D eigenvalue weighted by Crippen LogP contribution is -2.09. The van der Waals surface area contributed by atoms with E-state index in [-0.39, 0.29) is 11.5 Å². The number of carbonyl (C=O) groups excluding carboxylic acids is 2. The average molecular weight is 396 g/mol. The third-order valence-electron chi connectivity index (χ3n) is 4.74. The summed E-state index contributed by atoms with van der Waals surface area (Å²) in [5, 5.41) is 0. The van der Waals surface area contributed by atoms with E-state index in [9.17, 15) is 9.59 Å². The van der Waals surface area contributed by atoms with Crippen LogP contribution in [-0.4, -0.2) is 11.8 Å². The predicted octanol–water partition coefficient (Wildman–Crippen LogP) is 5.70. The zero-order valence-corrected chi connectivity index (χ0v) is 16.7. The number of Topliss-reactive ketones (excluding diaryl/α,β-unsaturated/α-hetero) is 1. The number of hydrogen-bond donors (Lipinski definition) is 0. The molecule has 0 spiro atoms. The molecule has 4 nitrogen and oxygen atoms in total. The summed E-state index contributed by atoms with van der Waals surface area (Å²) < 4.78 is 11.3. The largest absolute Gasteiger partial charge is 0.452 e. The van der Waals surface area contributed by atoms with Gasteiger partial charge in [-0.25, -0.2) is 4.79 Å². The fourth-order valence-corrected chi connectivity index (χ4v) is 3.30. The topological polar surface area (TPSA) is 52.6 Å². The van der Waals surface area contributed by atoms with Crippen LogP contribution in [0.2, 0.25) is 0 Å². The number of carbonyl (C=O) groups is 2. The number of rotatable bonds is 4. The number of ether oxygens (including phenoxy) is 2. The second-order valence-electron chi connectivity index (χ2n) is 7.10. The summed E-state index contributed by atoms with van der Waals surface area (Å²) in [6.45, 7) is 3.71. The first-order valence-corrected chi connectivity index (χ1v) is 9.61. The number of aryl methyl sites for hydroxylation is 2. The molecule has 4 rings (SSSR count). The van der Waals surface area contributed by atoms with Gasteiger partial charge in [0.2, 0.25) is 5.78 Å². The summed E-state index contributed by atoms with van der Waals surface area (Å²) in [5.74, 6) is 0.334. The summed E-state index contributed by atoms with van der Waals surface area (Å²) in [7, 11) is 0. The van der Waals surface area contributed by atoms with Crippen LogP contribution < -0.4 is 9.47 Å². The Morgan fingerprint density at radius 1 is 0.967 bits per heavy atom. The molecule has 0 amide bonds. The van der Waals surface area contributed by atoms with Crippen LogP contribution in [-0.2, 0) is 0 Å². The average Bonchev–Trinajstić information content (AvgIpc) is 3.04. The Bertz CT molecular complexity index is 1190. The highest BCUT2D eigenvalue weighted by Crippen LogP contribution is 2.37. The van der Waals surface area contributed by atoms with Crippen molar-refractivity contribution in [2.24, 2.45) is 0 Å². The van der Waals surface area contributed by atoms with Crippen molar-refractivity contribution in [2.45, 2.75) is 13.8 Å². The zero-order valence-electron chi connectivity index (χ0n) is 16.7. The van der Waals surface area contributed by atoms with E-state index in [4.69, 9.17) is 9.47 Å². The van der Waals surface area contributed by atoms with E-state index in [0.29, 0.717) is 28.2 Å². The standard InChI is InChI=1S/C26H20O4/c1-17-8-6-12-20(14-17)26(28)29-21-15-18(2)24-23(16-21)30-22(25(24)27)13-7-11-19-9-4-3-5-10-19/h3-16H,1-2H3/b11-7+,22-13-. The number of fused-ring (bicyclic) bond motifs is 1. The molecule has 1 aliphatic heterocycles. The van der Waals surface area contributed by atoms with Crippen LogP contribution in [0.4, 0.5) is 0 Å². The quantitative estimate of drug-likeness (QED) is 0.323. The lowest BCUT2D eigenvalue weighted by molar-refractivity contribution is 0.0734. The Morgan fingerprint density at radius 3 is 2.53 bits per heavy atom. The molecule has 0 N–H and O–H groups in total. The second-order valence-corrected chi connectivity index (χ2v) is 7.10. The fourth-order valence-electron chi connectivity index (χ4n) is 3.30. The van der Waals surface area contributed by atoms with Crippen LogP contribution in [0.3, 0.4) is 0 Å². The molecule has 0 fully saturated rings. The lowest BCUT2D eigenvalue weighted by Gasteiger charge is -2.08. The highest BCUT2D eigenvalue weighted by atomic mass is 16.5. The van der Waals surface area contributed by atoms with E-state index >= 15 is 0 Å². The van der Waals surface area contributed by atoms with Crippen molar-refractivity contribution in [3.63, 3.8) is 0 Å². The van der Waals surface area contributed by atoms with Crippen LogP contribution >= 0.6 is 0 Å². The molecule has 0 saturated carbocycles. The van der Waals surface area contributed by atoms with Gasteiger partial charge in [-0.15, -0.1) is 0 Å². The lowest BCUT2D eigenvalue weighted by atomic mass is 10.0. The van der Waals surface area contributed by atoms with Gasteiger partial charge in [0.15, 0.2) is 5.76 Å². The molecule has 0 radical (unpaired) electrons. The smallest absolute Gasteiger partial charge is 0.343 e. The monoisotopic (exact) mass is 396 g/mol. The van der Waals surface area contributed by atoms with E-state index in [0.717, 1.165) is 11.1 Å². The van der Waals surface area contributed by atoms with Gasteiger partial charge in [-0.1, -0.05) is 60.2 Å². The predicted molar refractivity (Wildman–Crippen MR) is 116 cm³/mol. The molecule has 0 saturated heterocycles. The van der Waals surface area contributed by atoms with E-state index in [2.05, 4.69) is 0 Å². The van der Waals surface area contributed by atoms with Crippen LogP contribution in [0.5, 0.6) is 11.5 Å². The molecule has 4 heteroatoms. The van der Waals surface area contributed by atoms with Gasteiger partial charge >= 0.3 is 5.97 Å². The first-order valence-electron chi connectivity index (χ1n) is 9.61. The molecular formula is C26H20O4. The molecule has 148 valence electrons. The van der Waals surface area contributed by atoms with Gasteiger partial charge in [-0.3, -0.25) is 4.79 Å². The number of esters is 1. The summed E-state index contributed by atoms with van der Waals surface area (Å²) in [6.07, 6.45) is 5.32. The Balaban J connectivity index is 1.54. The highest BCUT2D eigenvalue weighted by molar-refractivity contribution is 6.13. The van der Waals surface area contributed by atoms with Crippen molar-refractivity contribution in [3.8, 4) is 11.5 Å². The minimum atomic E-state index is -0.455. The molecule has 0 atom stereocenters. The van der Waals surface area contributed by atoms with E-state index in [1.807, 2.05) is 55.5 Å². The maximum atomic E-state index is 12.7. The first kappa shape index (κ1) is 19.4. The molecule has 0 aromatic heterocycles. The Kier molecular flexibility index (Phi) is 5.31. The normalized spacial score (nSPS) is 14.1. The fraction of sp³-hybridized carbons (Fsp3) is 0.0769. The summed E-state index contributed by atoms with van der Waals surface area (Å²) in [5.41, 5.74) is 3.65. The van der Waals surface area contributed by atoms with Crippen molar-refractivity contribution in [1.29, 1.82) is 0 Å². The third-order valence-corrected chi connectivity index (χ3v) is 4.74. The van der Waals surface area contributed by atoms with Gasteiger partial charge < -0.3 is 9.47 Å². The first-order chi connectivity index (χ1) is 14.5. The number of ketones is 1. The molecule has 1 heterocycles. The maximum absolute atomic E-state index is 12.7. The molecule has 0 unspecified atom stereocenters. The third kappa shape index (κ3) is 4.08. The number of benzene rings is 3. The maximum Gasteiger partial charge on any atom is 0.343 e. The molecule has 1 aliphatic rings. The summed E-state index contributed by atoms with van der Waals surface area (Å²) in [6, 6.07) is 20.2. The van der Waals surface area contributed by atoms with Crippen molar-refractivity contribution in [1.82, 2.24) is 0 Å². The Labute approximate surface area is 175 Å². The molecule has 3 aromatic carbocycles. The van der Waals surface area contributed by atoms with E-state index < -0.39 is 5.97 Å². The van der Waals surface area contributed by atoms with Gasteiger partial charge in [0.1, 0.15) is 11.5 Å². The van der Waals surface area contributed by atoms with Gasteiger partial charge in [-0.05, 0) is 49.2 Å². The Morgan fingerprint density at radius 2 is 1.77 bits per heavy atom. The second kappa shape index (κ2) is 8.21. The summed E-state index contributed by atoms with van der Waals surface area (Å²) >= 11 is 0. The van der Waals surface area contributed by atoms with Crippen LogP contribution in [0, 0.1) is 13.8 Å². The molecule has 30 heavy (non-hydrogen) atoms. The van der Waals surface area contributed by atoms with Crippen molar-refractivity contribution in [2.75, 3.05) is 0 Å². The summed E-state index contributed by atoms with van der Waals surface area (Å²) in [4.78, 5) is 25.1. The number of allylic oxidation sites excluding steroid dienone is 3. The van der Waals surface area contributed by atoms with E-state index in [1.54, 1.807) is 43.3 Å². The van der Waals surface area contributed by atoms with Crippen molar-refractivity contribution < 1.29 is 19.1 Å². The molecule has 3 aromatic rings. The van der Waals surface area contributed by atoms with Gasteiger partial charge in [0, 0.05) is 6.07 Å². The molecule has 0 aliphatic carbocycles. The zero-order chi connectivity index (χ0) is 21.1. The van der Waals surface area contributed by atoms with Crippen LogP contribution in [0.15, 0.2) is 84.6 Å². The molecule has 0 bridgehead atoms. The Hall–Kier alpha value is -3.92. The minimum absolute atomic E-state index is 0.184. The van der Waals surface area contributed by atoms with Crippen molar-refractivity contribution in [3.05, 3.63) is 112 Å². The highest BCUT2D eigenvalue weighted by Gasteiger charge is 2.30. The van der Waals surface area contributed by atoms with Gasteiger partial charge in [-0.2, -0.15) is 0 Å². The van der Waals surface area contributed by atoms with Gasteiger partial charge in [0.25, 0.3) is 0 Å². The van der Waals surface area contributed by atoms with Gasteiger partial charge in [0.05, 0.1) is 11.1 Å². The van der Waals surface area contributed by atoms with Crippen LogP contribution in [0.1, 0.15) is 37.4 Å². The van der Waals surface area contributed by atoms with Crippen LogP contribution in [0.25, 0.3) is 6.08 Å².